The van der Waals surface area contributed by atoms with Gasteiger partial charge in [0.15, 0.2) is 6.33 Å². The highest BCUT2D eigenvalue weighted by atomic mass is 19.1. The van der Waals surface area contributed by atoms with Crippen LogP contribution in [0.1, 0.15) is 18.5 Å². The maximum Gasteiger partial charge on any atom is 0.261 e. The Morgan fingerprint density at radius 1 is 1.09 bits per heavy atom. The molecule has 5 rings (SSSR count). The number of halogens is 2. The quantitative estimate of drug-likeness (QED) is 0.398. The Labute approximate surface area is 189 Å². The molecule has 0 spiro atoms. The normalized spacial score (nSPS) is 14.2. The van der Waals surface area contributed by atoms with Crippen LogP contribution in [0, 0.1) is 11.6 Å². The molecule has 0 radical (unpaired) electrons. The van der Waals surface area contributed by atoms with Crippen molar-refractivity contribution in [1.82, 2.24) is 44.5 Å². The van der Waals surface area contributed by atoms with Crippen LogP contribution in [0.4, 0.5) is 8.78 Å². The van der Waals surface area contributed by atoms with E-state index in [1.165, 1.54) is 39.4 Å². The van der Waals surface area contributed by atoms with E-state index in [9.17, 15) is 18.7 Å². The van der Waals surface area contributed by atoms with Crippen LogP contribution in [-0.2, 0) is 12.1 Å². The molecule has 13 heteroatoms. The van der Waals surface area contributed by atoms with E-state index in [0.29, 0.717) is 17.3 Å². The van der Waals surface area contributed by atoms with Crippen molar-refractivity contribution in [2.75, 3.05) is 0 Å². The third-order valence-electron chi connectivity index (χ3n) is 5.72. The summed E-state index contributed by atoms with van der Waals surface area (Å²) in [6.07, 6.45) is 5.15. The predicted molar refractivity (Wildman–Crippen MR) is 114 cm³/mol. The molecule has 2 aromatic carbocycles. The molecule has 0 aliphatic heterocycles. The molecule has 1 N–H and O–H groups in total. The van der Waals surface area contributed by atoms with Gasteiger partial charge in [0.2, 0.25) is 0 Å². The molecule has 3 aromatic heterocycles. The summed E-state index contributed by atoms with van der Waals surface area (Å²) in [7, 11) is 0. The van der Waals surface area contributed by atoms with Crippen molar-refractivity contribution in [3.8, 4) is 5.69 Å². The second kappa shape index (κ2) is 8.19. The molecular formula is C21H17F2N9O2. The molecule has 0 amide bonds. The number of tetrazole rings is 1. The number of fused-ring (bicyclic) bond motifs is 1. The summed E-state index contributed by atoms with van der Waals surface area (Å²) in [4.78, 5) is 22.8. The van der Waals surface area contributed by atoms with Crippen molar-refractivity contribution in [3.63, 3.8) is 0 Å². The lowest BCUT2D eigenvalue weighted by atomic mass is 9.86. The highest BCUT2D eigenvalue weighted by Gasteiger charge is 2.41. The molecule has 0 fully saturated rings. The Balaban J connectivity index is 1.62. The monoisotopic (exact) mass is 465 g/mol. The van der Waals surface area contributed by atoms with Crippen LogP contribution >= 0.6 is 0 Å². The van der Waals surface area contributed by atoms with Gasteiger partial charge in [-0.1, -0.05) is 6.07 Å². The fraction of sp³-hybridized carbons (Fsp3) is 0.190. The minimum absolute atomic E-state index is 0.198. The largest absolute Gasteiger partial charge is 0.381 e. The molecule has 5 aromatic rings. The van der Waals surface area contributed by atoms with Crippen LogP contribution in [0.15, 0.2) is 66.5 Å². The number of aliphatic hydroxyl groups is 1. The zero-order valence-corrected chi connectivity index (χ0v) is 17.7. The summed E-state index contributed by atoms with van der Waals surface area (Å²) in [5.41, 5.74) is -1.74. The highest BCUT2D eigenvalue weighted by molar-refractivity contribution is 5.79. The van der Waals surface area contributed by atoms with Crippen molar-refractivity contribution in [2.24, 2.45) is 0 Å². The van der Waals surface area contributed by atoms with E-state index in [4.69, 9.17) is 0 Å². The lowest BCUT2D eigenvalue weighted by molar-refractivity contribution is -0.0343. The van der Waals surface area contributed by atoms with Gasteiger partial charge in [-0.2, -0.15) is 5.10 Å². The fourth-order valence-electron chi connectivity index (χ4n) is 3.88. The molecule has 0 saturated carbocycles. The lowest BCUT2D eigenvalue weighted by Gasteiger charge is -2.35. The molecule has 0 aliphatic rings. The zero-order chi connectivity index (χ0) is 23.9. The average Bonchev–Trinajstić information content (AvgIpc) is 3.53. The van der Waals surface area contributed by atoms with Crippen molar-refractivity contribution >= 4 is 10.9 Å². The molecule has 34 heavy (non-hydrogen) atoms. The number of hydrogen-bond acceptors (Lipinski definition) is 8. The number of nitrogens with zero attached hydrogens (tertiary/aromatic N) is 9. The van der Waals surface area contributed by atoms with Gasteiger partial charge in [-0.05, 0) is 36.4 Å². The van der Waals surface area contributed by atoms with Crippen molar-refractivity contribution in [1.29, 1.82) is 0 Å². The van der Waals surface area contributed by atoms with E-state index < -0.39 is 28.8 Å². The summed E-state index contributed by atoms with van der Waals surface area (Å²) in [5.74, 6) is -1.75. The van der Waals surface area contributed by atoms with Crippen molar-refractivity contribution in [3.05, 3.63) is 89.3 Å². The minimum Gasteiger partial charge on any atom is -0.381 e. The second-order valence-corrected chi connectivity index (χ2v) is 7.70. The van der Waals surface area contributed by atoms with E-state index in [0.717, 1.165) is 12.1 Å². The Hall–Kier alpha value is -4.39. The first-order chi connectivity index (χ1) is 16.4. The molecule has 0 saturated heterocycles. The third-order valence-corrected chi connectivity index (χ3v) is 5.72. The standard InChI is InChI=1S/C21H17F2N9O2/c1-13(21(34,8-30-11-24-9-27-30)17-5-2-14(22)6-18(17)23)31-12-25-19-7-15(32-28-10-26-29-32)3-4-16(19)20(31)33/h2-7,9-13,34H,8H2,1H3/t13-,21-/m1/s1. The average molecular weight is 465 g/mol. The highest BCUT2D eigenvalue weighted by Crippen LogP contribution is 2.36. The van der Waals surface area contributed by atoms with Gasteiger partial charge in [0.1, 0.15) is 29.9 Å². The molecule has 0 bridgehead atoms. The van der Waals surface area contributed by atoms with Gasteiger partial charge in [-0.15, -0.1) is 15.0 Å². The van der Waals surface area contributed by atoms with E-state index in [1.807, 2.05) is 0 Å². The number of benzene rings is 2. The van der Waals surface area contributed by atoms with Gasteiger partial charge in [-0.25, -0.2) is 23.4 Å². The summed E-state index contributed by atoms with van der Waals surface area (Å²) < 4.78 is 30.9. The smallest absolute Gasteiger partial charge is 0.261 e. The second-order valence-electron chi connectivity index (χ2n) is 7.70. The van der Waals surface area contributed by atoms with E-state index in [-0.39, 0.29) is 17.5 Å². The molecule has 2 atom stereocenters. The molecular weight excluding hydrogens is 448 g/mol. The van der Waals surface area contributed by atoms with Gasteiger partial charge in [-0.3, -0.25) is 9.36 Å². The van der Waals surface area contributed by atoms with E-state index >= 15 is 0 Å². The predicted octanol–water partition coefficient (Wildman–Crippen LogP) is 1.39. The molecule has 0 aliphatic carbocycles. The topological polar surface area (TPSA) is 129 Å². The van der Waals surface area contributed by atoms with Crippen LogP contribution in [0.25, 0.3) is 16.6 Å². The van der Waals surface area contributed by atoms with Crippen LogP contribution < -0.4 is 5.56 Å². The maximum absolute atomic E-state index is 14.8. The number of hydrogen-bond donors (Lipinski definition) is 1. The first kappa shape index (κ1) is 21.5. The molecule has 0 unspecified atom stereocenters. The van der Waals surface area contributed by atoms with Crippen LogP contribution in [0.3, 0.4) is 0 Å². The first-order valence-electron chi connectivity index (χ1n) is 10.1. The van der Waals surface area contributed by atoms with Gasteiger partial charge in [0.05, 0.1) is 35.5 Å². The van der Waals surface area contributed by atoms with Crippen molar-refractivity contribution < 1.29 is 13.9 Å². The van der Waals surface area contributed by atoms with E-state index in [2.05, 4.69) is 30.5 Å². The molecule has 11 nitrogen and oxygen atoms in total. The van der Waals surface area contributed by atoms with Crippen molar-refractivity contribution in [2.45, 2.75) is 25.1 Å². The SMILES string of the molecule is C[C@@H](n1cnc2cc(-n3ncnn3)ccc2c1=O)[C@](O)(Cn1cncn1)c1ccc(F)cc1F. The summed E-state index contributed by atoms with van der Waals surface area (Å²) in [6.45, 7) is 1.29. The Morgan fingerprint density at radius 3 is 2.65 bits per heavy atom. The zero-order valence-electron chi connectivity index (χ0n) is 17.7. The maximum atomic E-state index is 14.8. The van der Waals surface area contributed by atoms with Gasteiger partial charge in [0, 0.05) is 11.6 Å². The third kappa shape index (κ3) is 3.61. The van der Waals surface area contributed by atoms with Gasteiger partial charge in [0.25, 0.3) is 5.56 Å². The number of rotatable bonds is 6. The van der Waals surface area contributed by atoms with Crippen LogP contribution in [-0.4, -0.2) is 49.6 Å². The Bertz CT molecular complexity index is 1520. The summed E-state index contributed by atoms with van der Waals surface area (Å²) >= 11 is 0. The van der Waals surface area contributed by atoms with Gasteiger partial charge >= 0.3 is 0 Å². The van der Waals surface area contributed by atoms with E-state index in [1.54, 1.807) is 25.1 Å². The van der Waals surface area contributed by atoms with Crippen LogP contribution in [0.5, 0.6) is 0 Å². The minimum atomic E-state index is -2.00. The Morgan fingerprint density at radius 2 is 1.94 bits per heavy atom. The Kier molecular flexibility index (Phi) is 5.17. The summed E-state index contributed by atoms with van der Waals surface area (Å²) in [5, 5.41) is 27.4. The van der Waals surface area contributed by atoms with Gasteiger partial charge < -0.3 is 5.11 Å². The first-order valence-corrected chi connectivity index (χ1v) is 10.1. The molecule has 172 valence electrons. The molecule has 3 heterocycles. The lowest BCUT2D eigenvalue weighted by Crippen LogP contribution is -2.43. The van der Waals surface area contributed by atoms with Crippen LogP contribution in [0.2, 0.25) is 0 Å². The fourth-order valence-corrected chi connectivity index (χ4v) is 3.88. The number of aromatic nitrogens is 9. The summed E-state index contributed by atoms with van der Waals surface area (Å²) in [6, 6.07) is 6.64.